The van der Waals surface area contributed by atoms with Crippen LogP contribution in [-0.4, -0.2) is 39.8 Å². The van der Waals surface area contributed by atoms with Crippen molar-refractivity contribution in [2.75, 3.05) is 23.8 Å². The third kappa shape index (κ3) is 2.86. The number of hydrogen-bond donors (Lipinski definition) is 4. The van der Waals surface area contributed by atoms with Crippen LogP contribution in [-0.2, 0) is 11.2 Å². The first-order valence-electron chi connectivity index (χ1n) is 6.01. The van der Waals surface area contributed by atoms with E-state index in [0.717, 1.165) is 0 Å². The van der Waals surface area contributed by atoms with Crippen molar-refractivity contribution in [2.45, 2.75) is 18.9 Å². The first kappa shape index (κ1) is 14.2. The highest BCUT2D eigenvalue weighted by Crippen LogP contribution is 2.34. The van der Waals surface area contributed by atoms with Gasteiger partial charge in [-0.15, -0.1) is 0 Å². The van der Waals surface area contributed by atoms with E-state index in [1.165, 1.54) is 19.1 Å². The van der Waals surface area contributed by atoms with Crippen LogP contribution in [0.2, 0.25) is 0 Å². The van der Waals surface area contributed by atoms with E-state index >= 15 is 0 Å². The molecule has 8 nitrogen and oxygen atoms in total. The van der Waals surface area contributed by atoms with E-state index in [9.17, 15) is 20.0 Å². The first-order valence-corrected chi connectivity index (χ1v) is 6.01. The summed E-state index contributed by atoms with van der Waals surface area (Å²) in [6.45, 7) is 0.869. The average Bonchev–Trinajstić information content (AvgIpc) is 2.74. The van der Waals surface area contributed by atoms with E-state index in [4.69, 9.17) is 5.11 Å². The highest BCUT2D eigenvalue weighted by molar-refractivity contribution is 6.00. The molecule has 0 bridgehead atoms. The summed E-state index contributed by atoms with van der Waals surface area (Å²) < 4.78 is 0. The van der Waals surface area contributed by atoms with E-state index in [-0.39, 0.29) is 30.2 Å². The third-order valence-electron chi connectivity index (χ3n) is 3.04. The molecule has 1 heterocycles. The quantitative estimate of drug-likeness (QED) is 0.453. The molecule has 1 amide bonds. The Labute approximate surface area is 114 Å². The predicted molar refractivity (Wildman–Crippen MR) is 71.6 cm³/mol. The van der Waals surface area contributed by atoms with Crippen molar-refractivity contribution in [1.29, 1.82) is 0 Å². The van der Waals surface area contributed by atoms with Gasteiger partial charge in [0.1, 0.15) is 11.3 Å². The molecule has 1 unspecified atom stereocenters. The van der Waals surface area contributed by atoms with Gasteiger partial charge in [-0.25, -0.2) is 0 Å². The SMILES string of the molecule is CC(O)(CO)CNc1cc2c(cc1[N+](=O)[O-])CC(=O)N2. The molecular weight excluding hydrogens is 266 g/mol. The number of carbonyl (C=O) groups is 1. The minimum absolute atomic E-state index is 0.0585. The monoisotopic (exact) mass is 281 g/mol. The summed E-state index contributed by atoms with van der Waals surface area (Å²) in [6, 6.07) is 2.80. The molecule has 1 aromatic carbocycles. The van der Waals surface area contributed by atoms with E-state index in [2.05, 4.69) is 10.6 Å². The van der Waals surface area contributed by atoms with Crippen LogP contribution in [0, 0.1) is 10.1 Å². The number of carbonyl (C=O) groups excluding carboxylic acids is 1. The summed E-state index contributed by atoms with van der Waals surface area (Å²) in [6.07, 6.45) is 0.116. The molecule has 1 atom stereocenters. The number of nitro benzene ring substituents is 1. The van der Waals surface area contributed by atoms with Gasteiger partial charge in [0, 0.05) is 18.3 Å². The molecule has 0 fully saturated rings. The zero-order valence-electron chi connectivity index (χ0n) is 10.8. The number of aliphatic hydroxyl groups excluding tert-OH is 1. The number of nitrogens with zero attached hydrogens (tertiary/aromatic N) is 1. The van der Waals surface area contributed by atoms with Crippen molar-refractivity contribution in [3.05, 3.63) is 27.8 Å². The Morgan fingerprint density at radius 3 is 2.85 bits per heavy atom. The molecule has 1 aliphatic rings. The summed E-state index contributed by atoms with van der Waals surface area (Å²) >= 11 is 0. The van der Waals surface area contributed by atoms with Gasteiger partial charge in [0.15, 0.2) is 0 Å². The fraction of sp³-hybridized carbons (Fsp3) is 0.417. The van der Waals surface area contributed by atoms with Crippen LogP contribution < -0.4 is 10.6 Å². The number of rotatable bonds is 5. The van der Waals surface area contributed by atoms with Crippen molar-refractivity contribution in [1.82, 2.24) is 0 Å². The van der Waals surface area contributed by atoms with E-state index in [1.54, 1.807) is 0 Å². The fourth-order valence-corrected chi connectivity index (χ4v) is 1.90. The number of anilines is 2. The van der Waals surface area contributed by atoms with Crippen LogP contribution in [0.25, 0.3) is 0 Å². The van der Waals surface area contributed by atoms with Gasteiger partial charge in [0.05, 0.1) is 18.0 Å². The van der Waals surface area contributed by atoms with E-state index in [0.29, 0.717) is 11.3 Å². The lowest BCUT2D eigenvalue weighted by atomic mass is 10.1. The highest BCUT2D eigenvalue weighted by atomic mass is 16.6. The Bertz CT molecular complexity index is 570. The maximum Gasteiger partial charge on any atom is 0.292 e. The minimum Gasteiger partial charge on any atom is -0.393 e. The van der Waals surface area contributed by atoms with Gasteiger partial charge < -0.3 is 20.8 Å². The van der Waals surface area contributed by atoms with Gasteiger partial charge in [0.25, 0.3) is 5.69 Å². The Morgan fingerprint density at radius 1 is 1.55 bits per heavy atom. The number of amides is 1. The Hall–Kier alpha value is -2.19. The number of fused-ring (bicyclic) bond motifs is 1. The van der Waals surface area contributed by atoms with Crippen LogP contribution in [0.4, 0.5) is 17.1 Å². The average molecular weight is 281 g/mol. The van der Waals surface area contributed by atoms with Crippen LogP contribution in [0.3, 0.4) is 0 Å². The Morgan fingerprint density at radius 2 is 2.25 bits per heavy atom. The molecule has 0 radical (unpaired) electrons. The van der Waals surface area contributed by atoms with Gasteiger partial charge in [0.2, 0.25) is 5.91 Å². The molecule has 2 rings (SSSR count). The van der Waals surface area contributed by atoms with Crippen LogP contribution >= 0.6 is 0 Å². The second kappa shape index (κ2) is 5.06. The highest BCUT2D eigenvalue weighted by Gasteiger charge is 2.26. The van der Waals surface area contributed by atoms with Crippen LogP contribution in [0.15, 0.2) is 12.1 Å². The Balaban J connectivity index is 2.30. The number of nitro groups is 1. The number of benzene rings is 1. The molecule has 1 aliphatic heterocycles. The molecular formula is C12H15N3O5. The lowest BCUT2D eigenvalue weighted by Crippen LogP contribution is -2.37. The van der Waals surface area contributed by atoms with Gasteiger partial charge >= 0.3 is 0 Å². The van der Waals surface area contributed by atoms with Crippen molar-refractivity contribution in [2.24, 2.45) is 0 Å². The van der Waals surface area contributed by atoms with Crippen molar-refractivity contribution >= 4 is 23.0 Å². The number of nitrogens with one attached hydrogen (secondary N) is 2. The van der Waals surface area contributed by atoms with Crippen LogP contribution in [0.1, 0.15) is 12.5 Å². The minimum atomic E-state index is -1.39. The van der Waals surface area contributed by atoms with Crippen molar-refractivity contribution in [3.8, 4) is 0 Å². The van der Waals surface area contributed by atoms with E-state index < -0.39 is 17.1 Å². The van der Waals surface area contributed by atoms with Gasteiger partial charge in [-0.3, -0.25) is 14.9 Å². The van der Waals surface area contributed by atoms with Gasteiger partial charge in [-0.2, -0.15) is 0 Å². The molecule has 0 saturated heterocycles. The predicted octanol–water partition coefficient (Wildman–Crippen LogP) is 0.245. The van der Waals surface area contributed by atoms with E-state index in [1.807, 2.05) is 0 Å². The van der Waals surface area contributed by atoms with Crippen molar-refractivity contribution < 1.29 is 19.9 Å². The topological polar surface area (TPSA) is 125 Å². The summed E-state index contributed by atoms with van der Waals surface area (Å²) in [4.78, 5) is 21.8. The van der Waals surface area contributed by atoms with Gasteiger partial charge in [-0.1, -0.05) is 0 Å². The molecule has 108 valence electrons. The second-order valence-electron chi connectivity index (χ2n) is 5.02. The molecule has 0 saturated carbocycles. The maximum atomic E-state index is 11.3. The molecule has 20 heavy (non-hydrogen) atoms. The second-order valence-corrected chi connectivity index (χ2v) is 5.02. The zero-order valence-corrected chi connectivity index (χ0v) is 10.8. The summed E-state index contributed by atoms with van der Waals surface area (Å²) in [5.74, 6) is -0.214. The molecule has 0 aliphatic carbocycles. The largest absolute Gasteiger partial charge is 0.393 e. The summed E-state index contributed by atoms with van der Waals surface area (Å²) in [5.41, 5.74) is -0.289. The van der Waals surface area contributed by atoms with Gasteiger partial charge in [-0.05, 0) is 18.6 Å². The van der Waals surface area contributed by atoms with Crippen molar-refractivity contribution in [3.63, 3.8) is 0 Å². The lowest BCUT2D eigenvalue weighted by molar-refractivity contribution is -0.384. The lowest BCUT2D eigenvalue weighted by Gasteiger charge is -2.21. The fourth-order valence-electron chi connectivity index (χ4n) is 1.90. The number of hydrogen-bond acceptors (Lipinski definition) is 6. The number of aliphatic hydroxyl groups is 2. The first-order chi connectivity index (χ1) is 9.32. The molecule has 4 N–H and O–H groups in total. The zero-order chi connectivity index (χ0) is 14.9. The standard InChI is InChI=1S/C12H15N3O5/c1-12(18,6-16)5-13-9-4-8-7(3-11(17)14-8)2-10(9)15(19)20/h2,4,13,16,18H,3,5-6H2,1H3,(H,14,17). The molecule has 8 heteroatoms. The maximum absolute atomic E-state index is 11.3. The Kier molecular flexibility index (Phi) is 3.60. The normalized spacial score (nSPS) is 16.2. The molecule has 0 spiro atoms. The molecule has 0 aromatic heterocycles. The summed E-state index contributed by atoms with van der Waals surface area (Å²) in [5, 5.41) is 35.0. The smallest absolute Gasteiger partial charge is 0.292 e. The van der Waals surface area contributed by atoms with Crippen LogP contribution in [0.5, 0.6) is 0 Å². The third-order valence-corrected chi connectivity index (χ3v) is 3.04. The summed E-state index contributed by atoms with van der Waals surface area (Å²) in [7, 11) is 0. The molecule has 1 aromatic rings.